The molecule has 1 aromatic heterocycles. The van der Waals surface area contributed by atoms with Gasteiger partial charge in [-0.1, -0.05) is 6.92 Å². The van der Waals surface area contributed by atoms with E-state index in [-0.39, 0.29) is 0 Å². The van der Waals surface area contributed by atoms with E-state index in [1.165, 1.54) is 0 Å². The molecule has 2 rings (SSSR count). The molecule has 1 aliphatic heterocycles. The smallest absolute Gasteiger partial charge is 0.324 e. The monoisotopic (exact) mass is 249 g/mol. The highest BCUT2D eigenvalue weighted by Gasteiger charge is 2.46. The average molecular weight is 249 g/mol. The van der Waals surface area contributed by atoms with Gasteiger partial charge in [0.2, 0.25) is 0 Å². The Morgan fingerprint density at radius 3 is 3.00 bits per heavy atom. The third kappa shape index (κ3) is 2.22. The van der Waals surface area contributed by atoms with E-state index in [0.717, 1.165) is 30.9 Å². The summed E-state index contributed by atoms with van der Waals surface area (Å²) in [5.74, 6) is 0.0115. The summed E-state index contributed by atoms with van der Waals surface area (Å²) in [5, 5.41) is 9.49. The highest BCUT2D eigenvalue weighted by atomic mass is 16.4. The number of carboxylic acid groups (broad SMARTS) is 1. The van der Waals surface area contributed by atoms with Gasteiger partial charge in [0.05, 0.1) is 5.69 Å². The van der Waals surface area contributed by atoms with Crippen molar-refractivity contribution >= 4 is 5.97 Å². The summed E-state index contributed by atoms with van der Waals surface area (Å²) < 4.78 is 0. The van der Waals surface area contributed by atoms with Crippen molar-refractivity contribution in [2.24, 2.45) is 0 Å². The summed E-state index contributed by atoms with van der Waals surface area (Å²) in [6.45, 7) is 5.20. The zero-order chi connectivity index (χ0) is 13.2. The molecule has 1 saturated heterocycles. The number of aromatic nitrogens is 2. The largest absolute Gasteiger partial charge is 0.480 e. The van der Waals surface area contributed by atoms with Crippen LogP contribution in [0.4, 0.5) is 0 Å². The van der Waals surface area contributed by atoms with Crippen LogP contribution < -0.4 is 0 Å². The summed E-state index contributed by atoms with van der Waals surface area (Å²) in [6, 6.07) is 1.85. The molecular weight excluding hydrogens is 230 g/mol. The van der Waals surface area contributed by atoms with Gasteiger partial charge in [0.25, 0.3) is 0 Å². The van der Waals surface area contributed by atoms with Crippen LogP contribution in [0.25, 0.3) is 0 Å². The maximum atomic E-state index is 11.5. The first kappa shape index (κ1) is 13.0. The summed E-state index contributed by atoms with van der Waals surface area (Å²) in [4.78, 5) is 22.0. The zero-order valence-electron chi connectivity index (χ0n) is 10.9. The first-order chi connectivity index (χ1) is 8.58. The van der Waals surface area contributed by atoms with E-state index in [0.29, 0.717) is 13.0 Å². The molecular formula is C13H19N3O2. The van der Waals surface area contributed by atoms with E-state index in [9.17, 15) is 9.90 Å². The Hall–Kier alpha value is -1.49. The van der Waals surface area contributed by atoms with E-state index in [4.69, 9.17) is 0 Å². The normalized spacial score (nSPS) is 24.3. The number of aliphatic carboxylic acids is 1. The van der Waals surface area contributed by atoms with Crippen LogP contribution in [0.15, 0.2) is 12.3 Å². The van der Waals surface area contributed by atoms with Crippen LogP contribution in [-0.2, 0) is 11.3 Å². The number of hydrogen-bond acceptors (Lipinski definition) is 4. The van der Waals surface area contributed by atoms with Crippen molar-refractivity contribution in [3.8, 4) is 0 Å². The minimum absolute atomic E-state index is 0.587. The van der Waals surface area contributed by atoms with Crippen LogP contribution in [0.1, 0.15) is 37.7 Å². The maximum absolute atomic E-state index is 11.5. The van der Waals surface area contributed by atoms with Crippen LogP contribution in [-0.4, -0.2) is 38.0 Å². The van der Waals surface area contributed by atoms with Gasteiger partial charge in [0.1, 0.15) is 11.4 Å². The number of likely N-dealkylation sites (tertiary alicyclic amines) is 1. The van der Waals surface area contributed by atoms with Crippen LogP contribution in [0.2, 0.25) is 0 Å². The lowest BCUT2D eigenvalue weighted by Gasteiger charge is -2.33. The molecule has 0 radical (unpaired) electrons. The molecule has 5 heteroatoms. The molecule has 0 bridgehead atoms. The van der Waals surface area contributed by atoms with Crippen molar-refractivity contribution in [3.05, 3.63) is 23.8 Å². The van der Waals surface area contributed by atoms with Crippen molar-refractivity contribution in [2.45, 2.75) is 45.2 Å². The van der Waals surface area contributed by atoms with Crippen molar-refractivity contribution < 1.29 is 9.90 Å². The Kier molecular flexibility index (Phi) is 3.61. The number of carboxylic acids is 1. The standard InChI is InChI=1S/C13H19N3O2/c1-3-13(12(17)18)6-4-8-16(13)9-11-5-7-14-10(2)15-11/h5,7H,3-4,6,8-9H2,1-2H3,(H,17,18). The first-order valence-corrected chi connectivity index (χ1v) is 6.35. The van der Waals surface area contributed by atoms with Crippen LogP contribution in [0.3, 0.4) is 0 Å². The molecule has 1 aromatic rings. The van der Waals surface area contributed by atoms with E-state index in [1.807, 2.05) is 24.8 Å². The van der Waals surface area contributed by atoms with Gasteiger partial charge in [0.15, 0.2) is 0 Å². The van der Waals surface area contributed by atoms with Gasteiger partial charge in [-0.05, 0) is 38.8 Å². The van der Waals surface area contributed by atoms with E-state index < -0.39 is 11.5 Å². The molecule has 0 aromatic carbocycles. The highest BCUT2D eigenvalue weighted by molar-refractivity contribution is 5.79. The Bertz CT molecular complexity index is 450. The third-order valence-electron chi connectivity index (χ3n) is 3.79. The second-order valence-corrected chi connectivity index (χ2v) is 4.81. The molecule has 98 valence electrons. The summed E-state index contributed by atoms with van der Waals surface area (Å²) in [6.07, 6.45) is 4.02. The molecule has 0 amide bonds. The lowest BCUT2D eigenvalue weighted by molar-refractivity contribution is -0.150. The predicted molar refractivity (Wildman–Crippen MR) is 67.1 cm³/mol. The van der Waals surface area contributed by atoms with Gasteiger partial charge >= 0.3 is 5.97 Å². The number of carbonyl (C=O) groups is 1. The van der Waals surface area contributed by atoms with Gasteiger partial charge in [-0.2, -0.15) is 0 Å². The molecule has 1 N–H and O–H groups in total. The third-order valence-corrected chi connectivity index (χ3v) is 3.79. The Balaban J connectivity index is 2.20. The van der Waals surface area contributed by atoms with E-state index in [1.54, 1.807) is 6.20 Å². The molecule has 0 spiro atoms. The summed E-state index contributed by atoms with van der Waals surface area (Å²) in [5.41, 5.74) is 0.183. The molecule has 2 heterocycles. The van der Waals surface area contributed by atoms with E-state index >= 15 is 0 Å². The molecule has 5 nitrogen and oxygen atoms in total. The van der Waals surface area contributed by atoms with E-state index in [2.05, 4.69) is 9.97 Å². The fourth-order valence-corrected chi connectivity index (χ4v) is 2.75. The van der Waals surface area contributed by atoms with Crippen molar-refractivity contribution in [1.82, 2.24) is 14.9 Å². The van der Waals surface area contributed by atoms with Crippen LogP contribution in [0, 0.1) is 6.92 Å². The SMILES string of the molecule is CCC1(C(=O)O)CCCN1Cc1ccnc(C)n1. The Labute approximate surface area is 107 Å². The number of aryl methyl sites for hydroxylation is 1. The fraction of sp³-hybridized carbons (Fsp3) is 0.615. The minimum Gasteiger partial charge on any atom is -0.480 e. The average Bonchev–Trinajstić information content (AvgIpc) is 2.73. The molecule has 1 atom stereocenters. The van der Waals surface area contributed by atoms with Gasteiger partial charge in [-0.3, -0.25) is 9.69 Å². The minimum atomic E-state index is -0.715. The maximum Gasteiger partial charge on any atom is 0.324 e. The second kappa shape index (κ2) is 5.02. The molecule has 0 saturated carbocycles. The zero-order valence-corrected chi connectivity index (χ0v) is 10.9. The van der Waals surface area contributed by atoms with Crippen LogP contribution in [0.5, 0.6) is 0 Å². The number of hydrogen-bond donors (Lipinski definition) is 1. The van der Waals surface area contributed by atoms with Crippen molar-refractivity contribution in [1.29, 1.82) is 0 Å². The number of nitrogens with zero attached hydrogens (tertiary/aromatic N) is 3. The predicted octanol–water partition coefficient (Wildman–Crippen LogP) is 1.61. The molecule has 18 heavy (non-hydrogen) atoms. The lowest BCUT2D eigenvalue weighted by atomic mass is 9.93. The number of rotatable bonds is 4. The van der Waals surface area contributed by atoms with Gasteiger partial charge in [-0.15, -0.1) is 0 Å². The van der Waals surface area contributed by atoms with Crippen LogP contribution >= 0.6 is 0 Å². The van der Waals surface area contributed by atoms with Gasteiger partial charge in [0, 0.05) is 12.7 Å². The second-order valence-electron chi connectivity index (χ2n) is 4.81. The first-order valence-electron chi connectivity index (χ1n) is 6.35. The topological polar surface area (TPSA) is 66.3 Å². The highest BCUT2D eigenvalue weighted by Crippen LogP contribution is 2.33. The van der Waals surface area contributed by atoms with Crippen molar-refractivity contribution in [2.75, 3.05) is 6.54 Å². The quantitative estimate of drug-likeness (QED) is 0.878. The lowest BCUT2D eigenvalue weighted by Crippen LogP contribution is -2.49. The molecule has 0 aliphatic carbocycles. The molecule has 1 unspecified atom stereocenters. The van der Waals surface area contributed by atoms with Gasteiger partial charge < -0.3 is 5.11 Å². The Morgan fingerprint density at radius 2 is 2.39 bits per heavy atom. The van der Waals surface area contributed by atoms with Crippen molar-refractivity contribution in [3.63, 3.8) is 0 Å². The fourth-order valence-electron chi connectivity index (χ4n) is 2.75. The molecule has 1 fully saturated rings. The van der Waals surface area contributed by atoms with Gasteiger partial charge in [-0.25, -0.2) is 9.97 Å². The Morgan fingerprint density at radius 1 is 1.61 bits per heavy atom. The summed E-state index contributed by atoms with van der Waals surface area (Å²) >= 11 is 0. The molecule has 1 aliphatic rings. The summed E-state index contributed by atoms with van der Waals surface area (Å²) in [7, 11) is 0.